The van der Waals surface area contributed by atoms with Crippen molar-refractivity contribution in [1.29, 1.82) is 0 Å². The Hall–Kier alpha value is -2.94. The highest BCUT2D eigenvalue weighted by molar-refractivity contribution is 5.24. The first-order chi connectivity index (χ1) is 13.1. The van der Waals surface area contributed by atoms with Crippen molar-refractivity contribution in [2.45, 2.75) is 38.0 Å². The van der Waals surface area contributed by atoms with Gasteiger partial charge in [-0.05, 0) is 62.4 Å². The molecule has 0 aromatic heterocycles. The zero-order valence-electron chi connectivity index (χ0n) is 15.3. The van der Waals surface area contributed by atoms with Crippen LogP contribution in [0.4, 0.5) is 8.78 Å². The van der Waals surface area contributed by atoms with Crippen LogP contribution in [0.5, 0.6) is 0 Å². The lowest BCUT2D eigenvalue weighted by molar-refractivity contribution is -0.818. The van der Waals surface area contributed by atoms with Crippen LogP contribution in [-0.4, -0.2) is 21.9 Å². The van der Waals surface area contributed by atoms with Gasteiger partial charge >= 0.3 is 0 Å². The van der Waals surface area contributed by atoms with E-state index >= 15 is 0 Å². The van der Waals surface area contributed by atoms with Gasteiger partial charge in [0, 0.05) is 21.0 Å². The molecule has 0 aliphatic carbocycles. The first-order valence-corrected chi connectivity index (χ1v) is 8.76. The quantitative estimate of drug-likeness (QED) is 0.638. The molecule has 0 amide bonds. The molecule has 28 heavy (non-hydrogen) atoms. The average Bonchev–Trinajstić information content (AvgIpc) is 2.60. The Kier molecular flexibility index (Phi) is 5.12. The molecule has 7 nitrogen and oxygen atoms in total. The molecule has 0 bridgehead atoms. The minimum atomic E-state index is -1.32. The third kappa shape index (κ3) is 3.45. The van der Waals surface area contributed by atoms with Crippen LogP contribution in [0.25, 0.3) is 0 Å². The van der Waals surface area contributed by atoms with Crippen molar-refractivity contribution in [2.75, 3.05) is 0 Å². The van der Waals surface area contributed by atoms with Crippen LogP contribution in [0.1, 0.15) is 37.1 Å². The molecule has 1 aliphatic heterocycles. The summed E-state index contributed by atoms with van der Waals surface area (Å²) in [7, 11) is 0. The lowest BCUT2D eigenvalue weighted by atomic mass is 9.66. The van der Waals surface area contributed by atoms with Crippen molar-refractivity contribution in [3.05, 3.63) is 91.5 Å². The van der Waals surface area contributed by atoms with Crippen LogP contribution in [0.2, 0.25) is 0 Å². The van der Waals surface area contributed by atoms with Gasteiger partial charge in [-0.15, -0.1) is 0 Å². The molecule has 9 heteroatoms. The lowest BCUT2D eigenvalue weighted by Gasteiger charge is -2.41. The normalized spacial score (nSPS) is 26.6. The molecule has 1 heterocycles. The van der Waals surface area contributed by atoms with E-state index in [-0.39, 0.29) is 0 Å². The minimum Gasteiger partial charge on any atom is -0.322 e. The number of hydrogen-bond acceptors (Lipinski definition) is 4. The van der Waals surface area contributed by atoms with E-state index in [2.05, 4.69) is 0 Å². The molecule has 2 aromatic carbocycles. The summed E-state index contributed by atoms with van der Waals surface area (Å²) in [5, 5.41) is 25.4. The summed E-state index contributed by atoms with van der Waals surface area (Å²) in [6.07, 6.45) is 0. The summed E-state index contributed by atoms with van der Waals surface area (Å²) in [5.74, 6) is -0.954. The van der Waals surface area contributed by atoms with Crippen molar-refractivity contribution < 1.29 is 23.9 Å². The van der Waals surface area contributed by atoms with E-state index in [0.717, 1.165) is 0 Å². The van der Waals surface area contributed by atoms with Gasteiger partial charge in [0.1, 0.15) is 17.0 Å². The third-order valence-corrected chi connectivity index (χ3v) is 5.58. The average molecular weight is 392 g/mol. The molecular formula is C19H20F2N3O4+. The van der Waals surface area contributed by atoms with E-state index in [1.54, 1.807) is 5.32 Å². The second kappa shape index (κ2) is 7.23. The van der Waals surface area contributed by atoms with Gasteiger partial charge in [0.25, 0.3) is 12.1 Å². The van der Waals surface area contributed by atoms with E-state index < -0.39 is 51.1 Å². The summed E-state index contributed by atoms with van der Waals surface area (Å²) in [6.45, 7) is 3.02. The number of quaternary nitrogens is 1. The molecule has 0 unspecified atom stereocenters. The van der Waals surface area contributed by atoms with Crippen LogP contribution in [0.15, 0.2) is 48.5 Å². The van der Waals surface area contributed by atoms with E-state index in [4.69, 9.17) is 0 Å². The van der Waals surface area contributed by atoms with E-state index in [9.17, 15) is 29.0 Å². The highest BCUT2D eigenvalue weighted by atomic mass is 19.1. The predicted molar refractivity (Wildman–Crippen MR) is 95.6 cm³/mol. The molecule has 2 aromatic rings. The Morgan fingerprint density at radius 3 is 1.39 bits per heavy atom. The first-order valence-electron chi connectivity index (χ1n) is 8.76. The van der Waals surface area contributed by atoms with Crippen molar-refractivity contribution in [2.24, 2.45) is 5.41 Å². The summed E-state index contributed by atoms with van der Waals surface area (Å²) in [6, 6.07) is 6.57. The van der Waals surface area contributed by atoms with Gasteiger partial charge in [-0.2, -0.15) is 0 Å². The zero-order chi connectivity index (χ0) is 20.6. The molecular weight excluding hydrogens is 372 g/mol. The molecule has 1 aliphatic rings. The highest BCUT2D eigenvalue weighted by Gasteiger charge is 2.65. The van der Waals surface area contributed by atoms with E-state index in [0.29, 0.717) is 11.1 Å². The topological polar surface area (TPSA) is 103 Å². The maximum absolute atomic E-state index is 13.3. The van der Waals surface area contributed by atoms with Gasteiger partial charge in [-0.3, -0.25) is 20.2 Å². The van der Waals surface area contributed by atoms with Gasteiger partial charge in [0.15, 0.2) is 12.1 Å². The number of piperidine rings is 1. The monoisotopic (exact) mass is 392 g/mol. The smallest absolute Gasteiger partial charge is 0.279 e. The number of benzene rings is 2. The fourth-order valence-electron chi connectivity index (χ4n) is 4.30. The molecule has 0 radical (unpaired) electrons. The Labute approximate surface area is 159 Å². The van der Waals surface area contributed by atoms with Crippen LogP contribution in [-0.2, 0) is 0 Å². The SMILES string of the molecule is CC1(C)[C@@H]([N+](=O)[O-])[C@@H](c2ccc(F)cc2)[NH2+][C@@H](c2ccc(F)cc2)[C@H]1[N+](=O)[O-]. The second-order valence-corrected chi connectivity index (χ2v) is 7.63. The molecule has 1 fully saturated rings. The Balaban J connectivity index is 2.14. The first kappa shape index (κ1) is 19.8. The van der Waals surface area contributed by atoms with Crippen LogP contribution < -0.4 is 5.32 Å². The second-order valence-electron chi connectivity index (χ2n) is 7.63. The minimum absolute atomic E-state index is 0.477. The number of nitrogens with zero attached hydrogens (tertiary/aromatic N) is 2. The van der Waals surface area contributed by atoms with Gasteiger partial charge in [0.2, 0.25) is 0 Å². The summed E-state index contributed by atoms with van der Waals surface area (Å²) < 4.78 is 26.7. The van der Waals surface area contributed by atoms with E-state index in [1.807, 2.05) is 0 Å². The number of nitrogens with two attached hydrogens (primary N) is 1. The van der Waals surface area contributed by atoms with Gasteiger partial charge in [0.05, 0.1) is 0 Å². The van der Waals surface area contributed by atoms with Crippen LogP contribution in [0.3, 0.4) is 0 Å². The number of rotatable bonds is 4. The Bertz CT molecular complexity index is 816. The van der Waals surface area contributed by atoms with Crippen molar-refractivity contribution >= 4 is 0 Å². The summed E-state index contributed by atoms with van der Waals surface area (Å²) in [5.41, 5.74) is -0.310. The zero-order valence-corrected chi connectivity index (χ0v) is 15.3. The molecule has 0 saturated carbocycles. The highest BCUT2D eigenvalue weighted by Crippen LogP contribution is 2.43. The molecule has 148 valence electrons. The van der Waals surface area contributed by atoms with Crippen LogP contribution >= 0.6 is 0 Å². The fraction of sp³-hybridized carbons (Fsp3) is 0.368. The maximum Gasteiger partial charge on any atom is 0.279 e. The van der Waals surface area contributed by atoms with Crippen molar-refractivity contribution in [1.82, 2.24) is 0 Å². The molecule has 3 rings (SSSR count). The number of hydrogen-bond donors (Lipinski definition) is 1. The third-order valence-electron chi connectivity index (χ3n) is 5.58. The Morgan fingerprint density at radius 1 is 0.786 bits per heavy atom. The van der Waals surface area contributed by atoms with Gasteiger partial charge < -0.3 is 5.32 Å². The standard InChI is InChI=1S/C19H19F2N3O4/c1-19(2)17(23(25)26)15(11-3-7-13(20)8-4-11)22-16(18(19)24(27)28)12-5-9-14(21)10-6-12/h3-10,15-18,22H,1-2H3/p+1/t15-,16+,17+,18-. The molecule has 2 N–H and O–H groups in total. The number of halogens is 2. The van der Waals surface area contributed by atoms with Gasteiger partial charge in [-0.1, -0.05) is 0 Å². The summed E-state index contributed by atoms with van der Waals surface area (Å²) >= 11 is 0. The molecule has 0 spiro atoms. The maximum atomic E-state index is 13.3. The lowest BCUT2D eigenvalue weighted by Crippen LogP contribution is -2.96. The van der Waals surface area contributed by atoms with E-state index in [1.165, 1.54) is 62.4 Å². The summed E-state index contributed by atoms with van der Waals surface area (Å²) in [4.78, 5) is 22.8. The van der Waals surface area contributed by atoms with Crippen LogP contribution in [0, 0.1) is 37.3 Å². The molecule has 4 atom stereocenters. The fourth-order valence-corrected chi connectivity index (χ4v) is 4.30. The Morgan fingerprint density at radius 2 is 1.11 bits per heavy atom. The van der Waals surface area contributed by atoms with Crippen molar-refractivity contribution in [3.8, 4) is 0 Å². The van der Waals surface area contributed by atoms with Gasteiger partial charge in [-0.25, -0.2) is 8.78 Å². The van der Waals surface area contributed by atoms with Crippen molar-refractivity contribution in [3.63, 3.8) is 0 Å². The molecule has 1 saturated heterocycles. The largest absolute Gasteiger partial charge is 0.322 e. The predicted octanol–water partition coefficient (Wildman–Crippen LogP) is 2.64. The number of nitro groups is 2.